The molecule has 1 rings (SSSR count). The molecule has 1 N–H and O–H groups in total. The van der Waals surface area contributed by atoms with Gasteiger partial charge >= 0.3 is 0 Å². The lowest BCUT2D eigenvalue weighted by atomic mass is 10.1. The maximum Gasteiger partial charge on any atom is 0.0599 e. The fourth-order valence-electron chi connectivity index (χ4n) is 1.07. The van der Waals surface area contributed by atoms with E-state index in [1.165, 1.54) is 12.8 Å². The first-order valence-electron chi connectivity index (χ1n) is 3.52. The van der Waals surface area contributed by atoms with Gasteiger partial charge in [-0.15, -0.1) is 11.6 Å². The van der Waals surface area contributed by atoms with Gasteiger partial charge in [-0.1, -0.05) is 11.6 Å². The summed E-state index contributed by atoms with van der Waals surface area (Å²) in [6, 6.07) is 0. The molecule has 1 aliphatic heterocycles. The summed E-state index contributed by atoms with van der Waals surface area (Å²) in [5.41, 5.74) is 1.14. The third kappa shape index (κ3) is 2.06. The van der Waals surface area contributed by atoms with Crippen LogP contribution >= 0.6 is 23.2 Å². The second kappa shape index (κ2) is 4.09. The normalized spacial score (nSPS) is 23.8. The minimum absolute atomic E-state index is 0.434. The number of alkyl halides is 1. The lowest BCUT2D eigenvalue weighted by Crippen LogP contribution is -2.20. The summed E-state index contributed by atoms with van der Waals surface area (Å²) in [5.74, 6) is 0.434. The van der Waals surface area contributed by atoms with Gasteiger partial charge in [0.25, 0.3) is 0 Å². The summed E-state index contributed by atoms with van der Waals surface area (Å²) < 4.78 is 0. The molecule has 1 nitrogen and oxygen atoms in total. The van der Waals surface area contributed by atoms with Gasteiger partial charge in [-0.25, -0.2) is 0 Å². The zero-order chi connectivity index (χ0) is 7.40. The summed E-state index contributed by atoms with van der Waals surface area (Å²) in [7, 11) is 0. The predicted octanol–water partition coefficient (Wildman–Crippen LogP) is 2.45. The Labute approximate surface area is 71.4 Å². The SMILES string of the molecule is ClCC(Cl)=C1CCCCN1. The van der Waals surface area contributed by atoms with Crippen molar-refractivity contribution in [2.24, 2.45) is 0 Å². The third-order valence-corrected chi connectivity index (χ3v) is 2.40. The van der Waals surface area contributed by atoms with Crippen molar-refractivity contribution in [1.82, 2.24) is 5.32 Å². The van der Waals surface area contributed by atoms with E-state index < -0.39 is 0 Å². The average molecular weight is 180 g/mol. The zero-order valence-corrected chi connectivity index (χ0v) is 7.30. The molecule has 0 radical (unpaired) electrons. The van der Waals surface area contributed by atoms with E-state index in [0.29, 0.717) is 5.88 Å². The smallest absolute Gasteiger partial charge is 0.0599 e. The van der Waals surface area contributed by atoms with E-state index in [1.54, 1.807) is 0 Å². The maximum atomic E-state index is 5.83. The van der Waals surface area contributed by atoms with Crippen LogP contribution in [0, 0.1) is 0 Å². The van der Waals surface area contributed by atoms with E-state index in [2.05, 4.69) is 5.32 Å². The summed E-state index contributed by atoms with van der Waals surface area (Å²) in [6.45, 7) is 1.04. The minimum atomic E-state index is 0.434. The van der Waals surface area contributed by atoms with Gasteiger partial charge in [0.1, 0.15) is 0 Å². The largest absolute Gasteiger partial charge is 0.387 e. The first-order valence-corrected chi connectivity index (χ1v) is 4.43. The molecule has 1 aliphatic rings. The number of halogens is 2. The molecule has 0 aromatic rings. The Hall–Kier alpha value is 0.120. The van der Waals surface area contributed by atoms with Gasteiger partial charge in [0.15, 0.2) is 0 Å². The first-order chi connectivity index (χ1) is 4.84. The molecular weight excluding hydrogens is 169 g/mol. The van der Waals surface area contributed by atoms with Crippen molar-refractivity contribution in [3.05, 3.63) is 10.7 Å². The van der Waals surface area contributed by atoms with Gasteiger partial charge in [-0.2, -0.15) is 0 Å². The number of rotatable bonds is 1. The Morgan fingerprint density at radius 1 is 1.50 bits per heavy atom. The summed E-state index contributed by atoms with van der Waals surface area (Å²) in [6.07, 6.45) is 3.54. The molecule has 0 aromatic heterocycles. The van der Waals surface area contributed by atoms with Crippen LogP contribution in [0.3, 0.4) is 0 Å². The molecule has 58 valence electrons. The zero-order valence-electron chi connectivity index (χ0n) is 5.79. The van der Waals surface area contributed by atoms with Crippen LogP contribution < -0.4 is 5.32 Å². The Kier molecular flexibility index (Phi) is 3.36. The van der Waals surface area contributed by atoms with Gasteiger partial charge < -0.3 is 5.32 Å². The Bertz CT molecular complexity index is 135. The van der Waals surface area contributed by atoms with Crippen molar-refractivity contribution >= 4 is 23.2 Å². The molecule has 0 amide bonds. The number of allylic oxidation sites excluding steroid dienone is 2. The van der Waals surface area contributed by atoms with E-state index in [-0.39, 0.29) is 0 Å². The first kappa shape index (κ1) is 8.22. The number of piperidine rings is 1. The summed E-state index contributed by atoms with van der Waals surface area (Å²) >= 11 is 11.4. The second-order valence-electron chi connectivity index (χ2n) is 2.40. The second-order valence-corrected chi connectivity index (χ2v) is 3.12. The van der Waals surface area contributed by atoms with Crippen molar-refractivity contribution < 1.29 is 0 Å². The number of hydrogen-bond donors (Lipinski definition) is 1. The molecule has 1 fully saturated rings. The van der Waals surface area contributed by atoms with E-state index in [4.69, 9.17) is 23.2 Å². The monoisotopic (exact) mass is 179 g/mol. The number of nitrogens with one attached hydrogen (secondary N) is 1. The topological polar surface area (TPSA) is 12.0 Å². The van der Waals surface area contributed by atoms with Crippen LogP contribution in [0.2, 0.25) is 0 Å². The molecule has 1 saturated heterocycles. The quantitative estimate of drug-likeness (QED) is 0.611. The molecule has 0 saturated carbocycles. The van der Waals surface area contributed by atoms with E-state index in [0.717, 1.165) is 23.7 Å². The highest BCUT2D eigenvalue weighted by Crippen LogP contribution is 2.17. The van der Waals surface area contributed by atoms with Crippen LogP contribution in [0.5, 0.6) is 0 Å². The Morgan fingerprint density at radius 3 is 2.80 bits per heavy atom. The lowest BCUT2D eigenvalue weighted by molar-refractivity contribution is 0.585. The maximum absolute atomic E-state index is 5.83. The molecule has 3 heteroatoms. The molecular formula is C7H11Cl2N. The van der Waals surface area contributed by atoms with Crippen molar-refractivity contribution in [3.8, 4) is 0 Å². The van der Waals surface area contributed by atoms with Gasteiger partial charge in [0.2, 0.25) is 0 Å². The highest BCUT2D eigenvalue weighted by molar-refractivity contribution is 6.36. The molecule has 0 bridgehead atoms. The molecule has 0 aromatic carbocycles. The van der Waals surface area contributed by atoms with Crippen LogP contribution in [0.15, 0.2) is 10.7 Å². The fraction of sp³-hybridized carbons (Fsp3) is 0.714. The molecule has 0 unspecified atom stereocenters. The van der Waals surface area contributed by atoms with E-state index in [9.17, 15) is 0 Å². The lowest BCUT2D eigenvalue weighted by Gasteiger charge is -2.17. The standard InChI is InChI=1S/C7H11Cl2N/c8-5-6(9)7-3-1-2-4-10-7/h10H,1-5H2. The fourth-order valence-corrected chi connectivity index (χ4v) is 1.39. The molecule has 10 heavy (non-hydrogen) atoms. The van der Waals surface area contributed by atoms with E-state index in [1.807, 2.05) is 0 Å². The molecule has 0 atom stereocenters. The van der Waals surface area contributed by atoms with Crippen LogP contribution in [-0.4, -0.2) is 12.4 Å². The van der Waals surface area contributed by atoms with Crippen LogP contribution in [-0.2, 0) is 0 Å². The van der Waals surface area contributed by atoms with Crippen molar-refractivity contribution in [2.75, 3.05) is 12.4 Å². The minimum Gasteiger partial charge on any atom is -0.387 e. The van der Waals surface area contributed by atoms with Crippen LogP contribution in [0.1, 0.15) is 19.3 Å². The Balaban J connectivity index is 2.51. The van der Waals surface area contributed by atoms with Crippen LogP contribution in [0.25, 0.3) is 0 Å². The summed E-state index contributed by atoms with van der Waals surface area (Å²) in [5, 5.41) is 4.01. The van der Waals surface area contributed by atoms with Crippen LogP contribution in [0.4, 0.5) is 0 Å². The predicted molar refractivity (Wildman–Crippen MR) is 45.5 cm³/mol. The summed E-state index contributed by atoms with van der Waals surface area (Å²) in [4.78, 5) is 0. The highest BCUT2D eigenvalue weighted by atomic mass is 35.5. The Morgan fingerprint density at radius 2 is 2.30 bits per heavy atom. The van der Waals surface area contributed by atoms with Crippen molar-refractivity contribution in [2.45, 2.75) is 19.3 Å². The van der Waals surface area contributed by atoms with Gasteiger partial charge in [0, 0.05) is 12.2 Å². The van der Waals surface area contributed by atoms with Gasteiger partial charge in [0.05, 0.1) is 10.9 Å². The van der Waals surface area contributed by atoms with Gasteiger partial charge in [-0.3, -0.25) is 0 Å². The molecule has 0 spiro atoms. The van der Waals surface area contributed by atoms with Crippen molar-refractivity contribution in [3.63, 3.8) is 0 Å². The molecule has 1 heterocycles. The van der Waals surface area contributed by atoms with E-state index >= 15 is 0 Å². The average Bonchev–Trinajstić information content (AvgIpc) is 2.05. The van der Waals surface area contributed by atoms with Crippen molar-refractivity contribution in [1.29, 1.82) is 0 Å². The molecule has 0 aliphatic carbocycles. The third-order valence-electron chi connectivity index (χ3n) is 1.64. The number of hydrogen-bond acceptors (Lipinski definition) is 1. The highest BCUT2D eigenvalue weighted by Gasteiger charge is 2.07. The van der Waals surface area contributed by atoms with Gasteiger partial charge in [-0.05, 0) is 19.3 Å².